The van der Waals surface area contributed by atoms with Gasteiger partial charge in [-0.05, 0) is 26.3 Å². The minimum atomic E-state index is -0.374. The van der Waals surface area contributed by atoms with Crippen LogP contribution in [0, 0.1) is 6.92 Å². The van der Waals surface area contributed by atoms with Crippen LogP contribution in [0.2, 0.25) is 0 Å². The van der Waals surface area contributed by atoms with Gasteiger partial charge in [-0.25, -0.2) is 4.79 Å². The maximum atomic E-state index is 12.2. The fraction of sp³-hybridized carbons (Fsp3) is 0.375. The van der Waals surface area contributed by atoms with Gasteiger partial charge in [-0.15, -0.1) is 0 Å². The van der Waals surface area contributed by atoms with Gasteiger partial charge >= 0.3 is 5.97 Å². The number of esters is 1. The fourth-order valence-corrected chi connectivity index (χ4v) is 2.37. The van der Waals surface area contributed by atoms with Crippen LogP contribution in [0.5, 0.6) is 0 Å². The number of nitrogens with one attached hydrogen (secondary N) is 1. The molecule has 106 valence electrons. The van der Waals surface area contributed by atoms with E-state index in [0.29, 0.717) is 35.1 Å². The highest BCUT2D eigenvalue weighted by atomic mass is 16.5. The third-order valence-electron chi connectivity index (χ3n) is 3.23. The van der Waals surface area contributed by atoms with Crippen molar-refractivity contribution in [2.75, 3.05) is 6.61 Å². The van der Waals surface area contributed by atoms with Crippen LogP contribution in [0.15, 0.2) is 23.0 Å². The molecule has 0 aliphatic rings. The highest BCUT2D eigenvalue weighted by molar-refractivity contribution is 6.05. The number of hydrogen-bond acceptors (Lipinski definition) is 3. The van der Waals surface area contributed by atoms with Crippen molar-refractivity contribution in [2.24, 2.45) is 0 Å². The van der Waals surface area contributed by atoms with E-state index in [0.717, 1.165) is 12.0 Å². The first-order valence-corrected chi connectivity index (χ1v) is 6.91. The third kappa shape index (κ3) is 2.59. The molecule has 4 heteroatoms. The van der Waals surface area contributed by atoms with Crippen LogP contribution < -0.4 is 5.56 Å². The third-order valence-corrected chi connectivity index (χ3v) is 3.23. The molecule has 1 aromatic heterocycles. The average Bonchev–Trinajstić information content (AvgIpc) is 2.40. The molecule has 0 aliphatic carbocycles. The first kappa shape index (κ1) is 14.3. The van der Waals surface area contributed by atoms with E-state index in [1.54, 1.807) is 13.0 Å². The Kier molecular flexibility index (Phi) is 4.23. The van der Waals surface area contributed by atoms with Crippen molar-refractivity contribution in [3.63, 3.8) is 0 Å². The Morgan fingerprint density at radius 1 is 1.25 bits per heavy atom. The highest BCUT2D eigenvalue weighted by Crippen LogP contribution is 2.21. The number of carbonyl (C=O) groups is 1. The standard InChI is InChI=1S/C16H19NO3/c1-4-6-13-14(16(19)20-5-2)11-8-7-10(3)9-12(11)15(18)17-13/h7-9H,4-6H2,1-3H3,(H,17,18). The maximum Gasteiger partial charge on any atom is 0.340 e. The Morgan fingerprint density at radius 2 is 2.00 bits per heavy atom. The molecule has 0 aliphatic heterocycles. The topological polar surface area (TPSA) is 59.2 Å². The van der Waals surface area contributed by atoms with E-state index < -0.39 is 0 Å². The van der Waals surface area contributed by atoms with E-state index in [1.165, 1.54) is 0 Å². The summed E-state index contributed by atoms with van der Waals surface area (Å²) >= 11 is 0. The van der Waals surface area contributed by atoms with Gasteiger partial charge in [0, 0.05) is 16.5 Å². The summed E-state index contributed by atoms with van der Waals surface area (Å²) in [6.07, 6.45) is 1.49. The molecule has 1 N–H and O–H groups in total. The molecule has 2 aromatic rings. The molecule has 0 atom stereocenters. The molecule has 0 fully saturated rings. The lowest BCUT2D eigenvalue weighted by molar-refractivity contribution is 0.0527. The van der Waals surface area contributed by atoms with Crippen LogP contribution in [-0.4, -0.2) is 17.6 Å². The van der Waals surface area contributed by atoms with Crippen molar-refractivity contribution < 1.29 is 9.53 Å². The molecule has 0 spiro atoms. The Bertz CT molecular complexity index is 701. The number of pyridine rings is 1. The van der Waals surface area contributed by atoms with E-state index in [2.05, 4.69) is 4.98 Å². The van der Waals surface area contributed by atoms with Crippen LogP contribution in [-0.2, 0) is 11.2 Å². The van der Waals surface area contributed by atoms with E-state index in [1.807, 2.05) is 26.0 Å². The lowest BCUT2D eigenvalue weighted by Crippen LogP contribution is -2.17. The summed E-state index contributed by atoms with van der Waals surface area (Å²) in [6.45, 7) is 6.02. The number of aryl methyl sites for hydroxylation is 2. The zero-order valence-electron chi connectivity index (χ0n) is 12.1. The minimum Gasteiger partial charge on any atom is -0.462 e. The molecule has 2 rings (SSSR count). The van der Waals surface area contributed by atoms with Crippen LogP contribution in [0.1, 0.15) is 41.9 Å². The summed E-state index contributed by atoms with van der Waals surface area (Å²) < 4.78 is 5.13. The van der Waals surface area contributed by atoms with Gasteiger partial charge in [0.2, 0.25) is 0 Å². The van der Waals surface area contributed by atoms with Crippen molar-refractivity contribution in [3.8, 4) is 0 Å². The molecule has 20 heavy (non-hydrogen) atoms. The van der Waals surface area contributed by atoms with E-state index in [4.69, 9.17) is 4.74 Å². The largest absolute Gasteiger partial charge is 0.462 e. The number of hydrogen-bond donors (Lipinski definition) is 1. The van der Waals surface area contributed by atoms with Gasteiger partial charge < -0.3 is 9.72 Å². The molecule has 0 radical (unpaired) electrons. The van der Waals surface area contributed by atoms with Crippen molar-refractivity contribution >= 4 is 16.7 Å². The number of fused-ring (bicyclic) bond motifs is 1. The Balaban J connectivity index is 2.78. The Labute approximate surface area is 117 Å². The van der Waals surface area contributed by atoms with Gasteiger partial charge in [-0.3, -0.25) is 4.79 Å². The molecule has 1 aromatic carbocycles. The first-order chi connectivity index (χ1) is 9.58. The van der Waals surface area contributed by atoms with Gasteiger partial charge in [0.1, 0.15) is 0 Å². The molecule has 0 bridgehead atoms. The summed E-state index contributed by atoms with van der Waals surface area (Å²) in [7, 11) is 0. The smallest absolute Gasteiger partial charge is 0.340 e. The van der Waals surface area contributed by atoms with Gasteiger partial charge in [-0.2, -0.15) is 0 Å². The monoisotopic (exact) mass is 273 g/mol. The molecule has 0 saturated carbocycles. The first-order valence-electron chi connectivity index (χ1n) is 6.91. The van der Waals surface area contributed by atoms with Gasteiger partial charge in [0.05, 0.1) is 12.2 Å². The van der Waals surface area contributed by atoms with Gasteiger partial charge in [-0.1, -0.05) is 31.0 Å². The molecular formula is C16H19NO3. The van der Waals surface area contributed by atoms with Crippen LogP contribution in [0.3, 0.4) is 0 Å². The van der Waals surface area contributed by atoms with E-state index >= 15 is 0 Å². The number of H-pyrrole nitrogens is 1. The number of carbonyl (C=O) groups excluding carboxylic acids is 1. The molecule has 0 saturated heterocycles. The van der Waals surface area contributed by atoms with Gasteiger partial charge in [0.25, 0.3) is 5.56 Å². The predicted molar refractivity (Wildman–Crippen MR) is 79.3 cm³/mol. The molecule has 0 unspecified atom stereocenters. The normalized spacial score (nSPS) is 10.8. The summed E-state index contributed by atoms with van der Waals surface area (Å²) in [6, 6.07) is 5.53. The summed E-state index contributed by atoms with van der Waals surface area (Å²) in [5, 5.41) is 1.20. The lowest BCUT2D eigenvalue weighted by atomic mass is 10.0. The fourth-order valence-electron chi connectivity index (χ4n) is 2.37. The average molecular weight is 273 g/mol. The van der Waals surface area contributed by atoms with Crippen molar-refractivity contribution in [1.29, 1.82) is 0 Å². The number of aromatic amines is 1. The van der Waals surface area contributed by atoms with Crippen molar-refractivity contribution in [2.45, 2.75) is 33.6 Å². The van der Waals surface area contributed by atoms with Crippen LogP contribution in [0.4, 0.5) is 0 Å². The Morgan fingerprint density at radius 3 is 2.65 bits per heavy atom. The molecule has 0 amide bonds. The van der Waals surface area contributed by atoms with Crippen molar-refractivity contribution in [1.82, 2.24) is 4.98 Å². The SMILES string of the molecule is CCCc1[nH]c(=O)c2cc(C)ccc2c1C(=O)OCC. The summed E-state index contributed by atoms with van der Waals surface area (Å²) in [5.74, 6) is -0.374. The zero-order valence-corrected chi connectivity index (χ0v) is 12.1. The van der Waals surface area contributed by atoms with Crippen molar-refractivity contribution in [3.05, 3.63) is 45.4 Å². The van der Waals surface area contributed by atoms with E-state index in [9.17, 15) is 9.59 Å². The lowest BCUT2D eigenvalue weighted by Gasteiger charge is -2.11. The zero-order chi connectivity index (χ0) is 14.7. The second kappa shape index (κ2) is 5.90. The summed E-state index contributed by atoms with van der Waals surface area (Å²) in [4.78, 5) is 27.2. The molecule has 1 heterocycles. The second-order valence-corrected chi connectivity index (χ2v) is 4.83. The quantitative estimate of drug-likeness (QED) is 0.871. The highest BCUT2D eigenvalue weighted by Gasteiger charge is 2.18. The number of rotatable bonds is 4. The number of aromatic nitrogens is 1. The van der Waals surface area contributed by atoms with E-state index in [-0.39, 0.29) is 11.5 Å². The van der Waals surface area contributed by atoms with Crippen LogP contribution in [0.25, 0.3) is 10.8 Å². The molecule has 4 nitrogen and oxygen atoms in total. The van der Waals surface area contributed by atoms with Crippen LogP contribution >= 0.6 is 0 Å². The predicted octanol–water partition coefficient (Wildman–Crippen LogP) is 2.97. The second-order valence-electron chi connectivity index (χ2n) is 4.83. The number of ether oxygens (including phenoxy) is 1. The number of benzene rings is 1. The Hall–Kier alpha value is -2.10. The maximum absolute atomic E-state index is 12.2. The molecular weight excluding hydrogens is 254 g/mol. The minimum absolute atomic E-state index is 0.153. The summed E-state index contributed by atoms with van der Waals surface area (Å²) in [5.41, 5.74) is 1.98. The van der Waals surface area contributed by atoms with Gasteiger partial charge in [0.15, 0.2) is 0 Å².